The lowest BCUT2D eigenvalue weighted by Gasteiger charge is -2.37. The van der Waals surface area contributed by atoms with E-state index in [0.717, 1.165) is 30.6 Å². The first kappa shape index (κ1) is 19.9. The Balaban J connectivity index is 1.64. The molecule has 0 spiro atoms. The van der Waals surface area contributed by atoms with Gasteiger partial charge in [-0.1, -0.05) is 52.0 Å². The fraction of sp³-hybridized carbons (Fsp3) is 0.857. The Morgan fingerprint density at radius 2 is 1.58 bits per heavy atom. The smallest absolute Gasteiger partial charge is 0.334 e. The van der Waals surface area contributed by atoms with E-state index in [-0.39, 0.29) is 12.1 Å². The van der Waals surface area contributed by atoms with Gasteiger partial charge >= 0.3 is 5.97 Å². The molecule has 3 heteroatoms. The molecule has 2 saturated carbocycles. The average Bonchev–Trinajstić information content (AvgIpc) is 2.62. The minimum Gasteiger partial charge on any atom is -0.459 e. The molecule has 0 aromatic rings. The van der Waals surface area contributed by atoms with Gasteiger partial charge in [0.15, 0.2) is 0 Å². The van der Waals surface area contributed by atoms with E-state index in [1.54, 1.807) is 0 Å². The molecule has 24 heavy (non-hydrogen) atoms. The topological polar surface area (TPSA) is 26.3 Å². The third-order valence-electron chi connectivity index (χ3n) is 6.25. The zero-order chi connectivity index (χ0) is 17.4. The van der Waals surface area contributed by atoms with Crippen LogP contribution in [-0.2, 0) is 9.53 Å². The molecular formula is C21H36O2S. The molecule has 0 bridgehead atoms. The van der Waals surface area contributed by atoms with Gasteiger partial charge in [0, 0.05) is 11.3 Å². The van der Waals surface area contributed by atoms with Crippen LogP contribution in [-0.4, -0.2) is 17.8 Å². The molecule has 2 aliphatic rings. The van der Waals surface area contributed by atoms with Crippen molar-refractivity contribution < 1.29 is 9.53 Å². The van der Waals surface area contributed by atoms with Crippen molar-refractivity contribution in [2.45, 2.75) is 90.1 Å². The molecule has 0 heterocycles. The van der Waals surface area contributed by atoms with Gasteiger partial charge in [-0.15, -0.1) is 0 Å². The highest BCUT2D eigenvalue weighted by atomic mass is 32.1. The maximum atomic E-state index is 11.8. The van der Waals surface area contributed by atoms with Crippen molar-refractivity contribution in [3.05, 3.63) is 12.2 Å². The predicted molar refractivity (Wildman–Crippen MR) is 104 cm³/mol. The van der Waals surface area contributed by atoms with Crippen LogP contribution in [0.3, 0.4) is 0 Å². The third kappa shape index (κ3) is 6.13. The molecule has 0 aromatic heterocycles. The van der Waals surface area contributed by atoms with Crippen LogP contribution in [0.1, 0.15) is 84.0 Å². The minimum atomic E-state index is -0.249. The maximum absolute atomic E-state index is 11.8. The summed E-state index contributed by atoms with van der Waals surface area (Å²) in [5.41, 5.74) is 0.474. The van der Waals surface area contributed by atoms with Crippen LogP contribution in [0.4, 0.5) is 0 Å². The van der Waals surface area contributed by atoms with Gasteiger partial charge in [0.25, 0.3) is 0 Å². The van der Waals surface area contributed by atoms with E-state index < -0.39 is 0 Å². The number of hydrogen-bond acceptors (Lipinski definition) is 3. The van der Waals surface area contributed by atoms with Crippen molar-refractivity contribution in [2.24, 2.45) is 17.8 Å². The first-order valence-electron chi connectivity index (χ1n) is 10.1. The molecule has 2 nitrogen and oxygen atoms in total. The molecule has 2 fully saturated rings. The van der Waals surface area contributed by atoms with E-state index >= 15 is 0 Å². The number of carbonyl (C=O) groups is 1. The first-order chi connectivity index (χ1) is 11.6. The number of thiol groups is 1. The summed E-state index contributed by atoms with van der Waals surface area (Å²) in [6.07, 6.45) is 16.0. The van der Waals surface area contributed by atoms with E-state index in [0.29, 0.717) is 11.3 Å². The normalized spacial score (nSPS) is 30.8. The van der Waals surface area contributed by atoms with Crippen molar-refractivity contribution in [1.29, 1.82) is 0 Å². The van der Waals surface area contributed by atoms with Gasteiger partial charge in [-0.2, -0.15) is 12.6 Å². The van der Waals surface area contributed by atoms with Gasteiger partial charge < -0.3 is 4.74 Å². The summed E-state index contributed by atoms with van der Waals surface area (Å²) in [7, 11) is 0. The van der Waals surface area contributed by atoms with E-state index in [2.05, 4.69) is 26.1 Å². The molecule has 0 amide bonds. The molecular weight excluding hydrogens is 316 g/mol. The summed E-state index contributed by atoms with van der Waals surface area (Å²) in [5.74, 6) is 2.93. The van der Waals surface area contributed by atoms with Crippen LogP contribution in [0, 0.1) is 17.8 Å². The largest absolute Gasteiger partial charge is 0.459 e. The Kier molecular flexibility index (Phi) is 8.72. The predicted octanol–water partition coefficient (Wildman–Crippen LogP) is 5.96. The Morgan fingerprint density at radius 1 is 1.00 bits per heavy atom. The number of ether oxygens (including phenoxy) is 1. The fourth-order valence-electron chi connectivity index (χ4n) is 4.61. The summed E-state index contributed by atoms with van der Waals surface area (Å²) in [5, 5.41) is 0. The number of carbonyl (C=O) groups excluding carboxylic acids is 1. The molecule has 0 aromatic carbocycles. The molecule has 2 aliphatic carbocycles. The summed E-state index contributed by atoms with van der Waals surface area (Å²) >= 11 is 4.09. The van der Waals surface area contributed by atoms with E-state index in [9.17, 15) is 4.79 Å². The summed E-state index contributed by atoms with van der Waals surface area (Å²) < 4.78 is 5.56. The Hall–Kier alpha value is -0.440. The Morgan fingerprint density at radius 3 is 2.12 bits per heavy atom. The average molecular weight is 353 g/mol. The third-order valence-corrected chi connectivity index (χ3v) is 6.63. The van der Waals surface area contributed by atoms with E-state index in [1.165, 1.54) is 64.2 Å². The first-order valence-corrected chi connectivity index (χ1v) is 10.8. The lowest BCUT2D eigenvalue weighted by atomic mass is 9.70. The Labute approximate surface area is 154 Å². The number of esters is 1. The molecule has 0 saturated heterocycles. The van der Waals surface area contributed by atoms with Crippen LogP contribution in [0.2, 0.25) is 0 Å². The van der Waals surface area contributed by atoms with Crippen LogP contribution in [0.15, 0.2) is 12.2 Å². The lowest BCUT2D eigenvalue weighted by Crippen LogP contribution is -2.30. The van der Waals surface area contributed by atoms with Gasteiger partial charge in [0.05, 0.1) is 0 Å². The van der Waals surface area contributed by atoms with Crippen LogP contribution >= 0.6 is 12.6 Å². The summed E-state index contributed by atoms with van der Waals surface area (Å²) in [6.45, 7) is 6.00. The molecule has 138 valence electrons. The SMILES string of the molecule is C=C(CS)C(=O)OC1CCC(C2CCC(CCCCC)CC2)CC1. The number of unbranched alkanes of at least 4 members (excludes halogenated alkanes) is 2. The highest BCUT2D eigenvalue weighted by Crippen LogP contribution is 2.41. The monoisotopic (exact) mass is 352 g/mol. The molecule has 0 radical (unpaired) electrons. The highest BCUT2D eigenvalue weighted by Gasteiger charge is 2.31. The second kappa shape index (κ2) is 10.5. The number of rotatable bonds is 8. The van der Waals surface area contributed by atoms with Gasteiger partial charge in [0.1, 0.15) is 6.10 Å². The summed E-state index contributed by atoms with van der Waals surface area (Å²) in [4.78, 5) is 11.8. The van der Waals surface area contributed by atoms with E-state index in [4.69, 9.17) is 4.74 Å². The van der Waals surface area contributed by atoms with E-state index in [1.807, 2.05) is 0 Å². The van der Waals surface area contributed by atoms with Gasteiger partial charge in [-0.25, -0.2) is 4.79 Å². The second-order valence-corrected chi connectivity index (χ2v) is 8.30. The lowest BCUT2D eigenvalue weighted by molar-refractivity contribution is -0.146. The fourth-order valence-corrected chi connectivity index (χ4v) is 4.74. The van der Waals surface area contributed by atoms with Gasteiger partial charge in [0.2, 0.25) is 0 Å². The van der Waals surface area contributed by atoms with Crippen LogP contribution in [0.25, 0.3) is 0 Å². The van der Waals surface area contributed by atoms with Crippen LogP contribution in [0.5, 0.6) is 0 Å². The second-order valence-electron chi connectivity index (χ2n) is 7.98. The summed E-state index contributed by atoms with van der Waals surface area (Å²) in [6, 6.07) is 0. The standard InChI is InChI=1S/C21H36O2S/c1-3-4-5-6-17-7-9-18(10-8-17)19-11-13-20(14-12-19)23-21(22)16(2)15-24/h17-20,24H,2-15H2,1H3. The molecule has 0 unspecified atom stereocenters. The van der Waals surface area contributed by atoms with Crippen molar-refractivity contribution in [3.63, 3.8) is 0 Å². The van der Waals surface area contributed by atoms with Crippen molar-refractivity contribution in [2.75, 3.05) is 5.75 Å². The van der Waals surface area contributed by atoms with Crippen molar-refractivity contribution in [1.82, 2.24) is 0 Å². The molecule has 0 atom stereocenters. The van der Waals surface area contributed by atoms with Gasteiger partial charge in [-0.05, 0) is 56.3 Å². The van der Waals surface area contributed by atoms with Crippen molar-refractivity contribution in [3.8, 4) is 0 Å². The minimum absolute atomic E-state index is 0.107. The molecule has 2 rings (SSSR count). The maximum Gasteiger partial charge on any atom is 0.334 e. The molecule has 0 N–H and O–H groups in total. The van der Waals surface area contributed by atoms with Crippen molar-refractivity contribution >= 4 is 18.6 Å². The molecule has 0 aliphatic heterocycles. The van der Waals surface area contributed by atoms with Crippen LogP contribution < -0.4 is 0 Å². The van der Waals surface area contributed by atoms with Gasteiger partial charge in [-0.3, -0.25) is 0 Å². The Bertz CT molecular complexity index is 391. The quantitative estimate of drug-likeness (QED) is 0.252. The zero-order valence-electron chi connectivity index (χ0n) is 15.5. The number of hydrogen-bond donors (Lipinski definition) is 1. The zero-order valence-corrected chi connectivity index (χ0v) is 16.4. The highest BCUT2D eigenvalue weighted by molar-refractivity contribution is 7.80.